The van der Waals surface area contributed by atoms with Gasteiger partial charge in [0.2, 0.25) is 0 Å². The van der Waals surface area contributed by atoms with Gasteiger partial charge in [-0.2, -0.15) is 0 Å². The van der Waals surface area contributed by atoms with Crippen LogP contribution in [0.1, 0.15) is 40.0 Å². The second-order valence-corrected chi connectivity index (χ2v) is 3.39. The van der Waals surface area contributed by atoms with Gasteiger partial charge in [-0.15, -0.1) is 0 Å². The van der Waals surface area contributed by atoms with Gasteiger partial charge in [-0.1, -0.05) is 19.1 Å². The molecule has 0 aliphatic heterocycles. The maximum Gasteiger partial charge on any atom is 0.0833 e. The zero-order valence-electron chi connectivity index (χ0n) is 9.95. The predicted molar refractivity (Wildman–Crippen MR) is 60.6 cm³/mol. The summed E-state index contributed by atoms with van der Waals surface area (Å²) < 4.78 is 10.9. The summed E-state index contributed by atoms with van der Waals surface area (Å²) >= 11 is 0. The molecule has 2 nitrogen and oxygen atoms in total. The van der Waals surface area contributed by atoms with Gasteiger partial charge in [-0.05, 0) is 33.1 Å². The van der Waals surface area contributed by atoms with Gasteiger partial charge in [0.1, 0.15) is 0 Å². The highest BCUT2D eigenvalue weighted by Crippen LogP contribution is 2.10. The van der Waals surface area contributed by atoms with Gasteiger partial charge in [-0.3, -0.25) is 0 Å². The van der Waals surface area contributed by atoms with Gasteiger partial charge >= 0.3 is 0 Å². The van der Waals surface area contributed by atoms with Crippen LogP contribution < -0.4 is 0 Å². The highest BCUT2D eigenvalue weighted by Gasteiger charge is 2.15. The van der Waals surface area contributed by atoms with Crippen LogP contribution in [0.3, 0.4) is 0 Å². The maximum atomic E-state index is 5.50. The largest absolute Gasteiger partial charge is 0.379 e. The van der Waals surface area contributed by atoms with Crippen LogP contribution in [-0.4, -0.2) is 25.9 Å². The number of allylic oxidation sites excluding steroid dienone is 2. The van der Waals surface area contributed by atoms with Crippen molar-refractivity contribution >= 4 is 0 Å². The molecule has 0 heterocycles. The van der Waals surface area contributed by atoms with Crippen molar-refractivity contribution in [1.82, 2.24) is 0 Å². The molecule has 0 fully saturated rings. The van der Waals surface area contributed by atoms with E-state index in [0.29, 0.717) is 0 Å². The van der Waals surface area contributed by atoms with Crippen LogP contribution in [0.15, 0.2) is 12.2 Å². The summed E-state index contributed by atoms with van der Waals surface area (Å²) in [5.41, 5.74) is 0. The third kappa shape index (κ3) is 6.17. The van der Waals surface area contributed by atoms with E-state index in [0.717, 1.165) is 25.9 Å². The molecule has 84 valence electrons. The molecule has 0 bridgehead atoms. The van der Waals surface area contributed by atoms with E-state index in [1.165, 1.54) is 0 Å². The second kappa shape index (κ2) is 9.22. The molecular weight excluding hydrogens is 176 g/mol. The molecule has 0 saturated carbocycles. The lowest BCUT2D eigenvalue weighted by Crippen LogP contribution is -2.27. The topological polar surface area (TPSA) is 18.5 Å². The zero-order valence-corrected chi connectivity index (χ0v) is 9.95. The smallest absolute Gasteiger partial charge is 0.0833 e. The minimum atomic E-state index is 0.194. The number of ether oxygens (including phenoxy) is 2. The molecule has 2 heteroatoms. The Morgan fingerprint density at radius 2 is 1.93 bits per heavy atom. The van der Waals surface area contributed by atoms with Crippen LogP contribution in [0.4, 0.5) is 0 Å². The molecule has 2 atom stereocenters. The van der Waals surface area contributed by atoms with Crippen LogP contribution >= 0.6 is 0 Å². The van der Waals surface area contributed by atoms with Crippen LogP contribution in [0.5, 0.6) is 0 Å². The minimum Gasteiger partial charge on any atom is -0.379 e. The molecule has 0 aromatic heterocycles. The fourth-order valence-electron chi connectivity index (χ4n) is 1.46. The monoisotopic (exact) mass is 200 g/mol. The van der Waals surface area contributed by atoms with E-state index in [1.807, 2.05) is 6.92 Å². The van der Waals surface area contributed by atoms with Gasteiger partial charge in [0.15, 0.2) is 0 Å². The molecule has 0 radical (unpaired) electrons. The number of hydrogen-bond donors (Lipinski definition) is 0. The Kier molecular flexibility index (Phi) is 9.00. The first kappa shape index (κ1) is 13.7. The van der Waals surface area contributed by atoms with E-state index in [4.69, 9.17) is 9.47 Å². The molecule has 2 unspecified atom stereocenters. The Balaban J connectivity index is 3.72. The molecule has 0 aliphatic carbocycles. The van der Waals surface area contributed by atoms with E-state index >= 15 is 0 Å². The fraction of sp³-hybridized carbons (Fsp3) is 0.833. The summed E-state index contributed by atoms with van der Waals surface area (Å²) in [5, 5.41) is 0. The van der Waals surface area contributed by atoms with Crippen LogP contribution in [0.2, 0.25) is 0 Å². The van der Waals surface area contributed by atoms with E-state index < -0.39 is 0 Å². The predicted octanol–water partition coefficient (Wildman–Crippen LogP) is 3.17. The normalized spacial score (nSPS) is 16.0. The van der Waals surface area contributed by atoms with Crippen molar-refractivity contribution in [3.05, 3.63) is 12.2 Å². The first-order valence-corrected chi connectivity index (χ1v) is 5.55. The highest BCUT2D eigenvalue weighted by atomic mass is 16.5. The van der Waals surface area contributed by atoms with Crippen LogP contribution in [-0.2, 0) is 9.47 Å². The number of rotatable bonds is 8. The first-order valence-electron chi connectivity index (χ1n) is 5.55. The van der Waals surface area contributed by atoms with E-state index in [2.05, 4.69) is 26.0 Å². The number of hydrogen-bond acceptors (Lipinski definition) is 2. The van der Waals surface area contributed by atoms with Crippen LogP contribution in [0, 0.1) is 0 Å². The molecule has 0 rings (SSSR count). The lowest BCUT2D eigenvalue weighted by Gasteiger charge is -2.21. The molecule has 0 aliphatic rings. The van der Waals surface area contributed by atoms with Crippen LogP contribution in [0.25, 0.3) is 0 Å². The molecular formula is C12H24O2. The molecule has 0 aromatic rings. The lowest BCUT2D eigenvalue weighted by molar-refractivity contribution is -0.0456. The Bertz CT molecular complexity index is 143. The summed E-state index contributed by atoms with van der Waals surface area (Å²) in [6.07, 6.45) is 8.04. The third-order valence-corrected chi connectivity index (χ3v) is 2.28. The lowest BCUT2D eigenvalue weighted by atomic mass is 10.1. The maximum absolute atomic E-state index is 5.50. The molecule has 14 heavy (non-hydrogen) atoms. The van der Waals surface area contributed by atoms with Crippen molar-refractivity contribution in [2.45, 2.75) is 52.2 Å². The van der Waals surface area contributed by atoms with Crippen molar-refractivity contribution < 1.29 is 9.47 Å². The molecule has 0 N–H and O–H groups in total. The van der Waals surface area contributed by atoms with Crippen molar-refractivity contribution in [3.63, 3.8) is 0 Å². The standard InChI is InChI=1S/C12H24O2/c1-5-7-8-9-10-12(13-4)11(3)14-6-2/h7-8,11-12H,5-6,9-10H2,1-4H3. The van der Waals surface area contributed by atoms with Crippen molar-refractivity contribution in [1.29, 1.82) is 0 Å². The molecule has 0 amide bonds. The van der Waals surface area contributed by atoms with E-state index in [9.17, 15) is 0 Å². The number of methoxy groups -OCH3 is 1. The zero-order chi connectivity index (χ0) is 10.8. The van der Waals surface area contributed by atoms with Gasteiger partial charge in [-0.25, -0.2) is 0 Å². The Labute approximate surface area is 88.3 Å². The molecule has 0 saturated heterocycles. The average Bonchev–Trinajstić information content (AvgIpc) is 2.18. The molecule has 0 aromatic carbocycles. The third-order valence-electron chi connectivity index (χ3n) is 2.28. The summed E-state index contributed by atoms with van der Waals surface area (Å²) in [7, 11) is 1.75. The SMILES string of the molecule is CCC=CCCC(OC)C(C)OCC. The van der Waals surface area contributed by atoms with Gasteiger partial charge in [0.05, 0.1) is 12.2 Å². The summed E-state index contributed by atoms with van der Waals surface area (Å²) in [6.45, 7) is 6.99. The van der Waals surface area contributed by atoms with Crippen molar-refractivity contribution in [2.24, 2.45) is 0 Å². The molecule has 0 spiro atoms. The van der Waals surface area contributed by atoms with Crippen molar-refractivity contribution in [3.8, 4) is 0 Å². The van der Waals surface area contributed by atoms with E-state index in [1.54, 1.807) is 7.11 Å². The Morgan fingerprint density at radius 1 is 1.21 bits per heavy atom. The van der Waals surface area contributed by atoms with Gasteiger partial charge in [0, 0.05) is 13.7 Å². The quantitative estimate of drug-likeness (QED) is 0.560. The summed E-state index contributed by atoms with van der Waals surface area (Å²) in [5.74, 6) is 0. The van der Waals surface area contributed by atoms with Crippen molar-refractivity contribution in [2.75, 3.05) is 13.7 Å². The average molecular weight is 200 g/mol. The highest BCUT2D eigenvalue weighted by molar-refractivity contribution is 4.82. The first-order chi connectivity index (χ1) is 6.76. The minimum absolute atomic E-state index is 0.194. The van der Waals surface area contributed by atoms with Gasteiger partial charge in [0.25, 0.3) is 0 Å². The summed E-state index contributed by atoms with van der Waals surface area (Å²) in [4.78, 5) is 0. The second-order valence-electron chi connectivity index (χ2n) is 3.39. The fourth-order valence-corrected chi connectivity index (χ4v) is 1.46. The Hall–Kier alpha value is -0.340. The van der Waals surface area contributed by atoms with E-state index in [-0.39, 0.29) is 12.2 Å². The Morgan fingerprint density at radius 3 is 2.43 bits per heavy atom. The van der Waals surface area contributed by atoms with Gasteiger partial charge < -0.3 is 9.47 Å². The summed E-state index contributed by atoms with van der Waals surface area (Å²) in [6, 6.07) is 0.